The van der Waals surface area contributed by atoms with Gasteiger partial charge in [-0.25, -0.2) is 9.37 Å². The summed E-state index contributed by atoms with van der Waals surface area (Å²) in [7, 11) is 3.40. The molecule has 198 valence electrons. The van der Waals surface area contributed by atoms with Crippen molar-refractivity contribution in [3.05, 3.63) is 59.8 Å². The van der Waals surface area contributed by atoms with Gasteiger partial charge in [0.15, 0.2) is 11.6 Å². The number of fused-ring (bicyclic) bond motifs is 1. The molecule has 1 atom stereocenters. The lowest BCUT2D eigenvalue weighted by molar-refractivity contribution is -0.120. The highest BCUT2D eigenvalue weighted by molar-refractivity contribution is 5.95. The number of amides is 1. The normalized spacial score (nSPS) is 18.9. The van der Waals surface area contributed by atoms with E-state index < -0.39 is 5.82 Å². The van der Waals surface area contributed by atoms with E-state index in [2.05, 4.69) is 34.8 Å². The van der Waals surface area contributed by atoms with E-state index in [1.165, 1.54) is 32.4 Å². The molecule has 0 N–H and O–H groups in total. The van der Waals surface area contributed by atoms with E-state index in [-0.39, 0.29) is 17.7 Å². The minimum absolute atomic E-state index is 0.000680. The summed E-state index contributed by atoms with van der Waals surface area (Å²) in [4.78, 5) is 20.3. The van der Waals surface area contributed by atoms with Crippen molar-refractivity contribution in [1.82, 2.24) is 19.3 Å². The molecule has 38 heavy (non-hydrogen) atoms. The van der Waals surface area contributed by atoms with Crippen LogP contribution in [0, 0.1) is 12.7 Å². The molecule has 1 aliphatic carbocycles. The topological polar surface area (TPSA) is 65.2 Å². The molecule has 1 amide bonds. The minimum Gasteiger partial charge on any atom is -0.494 e. The fourth-order valence-corrected chi connectivity index (χ4v) is 6.43. The number of hydrogen-bond acceptors (Lipinski definition) is 4. The van der Waals surface area contributed by atoms with E-state index in [0.29, 0.717) is 18.2 Å². The van der Waals surface area contributed by atoms with E-state index in [0.717, 1.165) is 59.4 Å². The predicted octanol–water partition coefficient (Wildman–Crippen LogP) is 6.66. The van der Waals surface area contributed by atoms with Crippen molar-refractivity contribution in [1.29, 1.82) is 0 Å². The third-order valence-corrected chi connectivity index (χ3v) is 8.21. The van der Waals surface area contributed by atoms with Gasteiger partial charge in [-0.2, -0.15) is 5.10 Å². The number of ether oxygens (including phenoxy) is 1. The zero-order valence-corrected chi connectivity index (χ0v) is 22.3. The Balaban J connectivity index is 1.51. The number of carbonyl (C=O) groups is 1. The van der Waals surface area contributed by atoms with Crippen LogP contribution in [0.25, 0.3) is 22.3 Å². The highest BCUT2D eigenvalue weighted by Crippen LogP contribution is 2.42. The quantitative estimate of drug-likeness (QED) is 0.298. The number of hydrogen-bond donors (Lipinski definition) is 0. The molecule has 2 aromatic heterocycles. The second-order valence-electron chi connectivity index (χ2n) is 10.6. The summed E-state index contributed by atoms with van der Waals surface area (Å²) in [5.41, 5.74) is 5.82. The molecule has 0 unspecified atom stereocenters. The van der Waals surface area contributed by atoms with Gasteiger partial charge in [0.1, 0.15) is 5.82 Å². The third-order valence-electron chi connectivity index (χ3n) is 8.21. The fraction of sp³-hybridized carbons (Fsp3) is 0.433. The zero-order chi connectivity index (χ0) is 26.4. The first-order valence-corrected chi connectivity index (χ1v) is 13.6. The minimum atomic E-state index is -0.473. The van der Waals surface area contributed by atoms with E-state index in [1.54, 1.807) is 17.0 Å². The molecule has 0 bridgehead atoms. The van der Waals surface area contributed by atoms with Crippen molar-refractivity contribution < 1.29 is 13.9 Å². The van der Waals surface area contributed by atoms with Gasteiger partial charge in [0.2, 0.25) is 5.91 Å². The van der Waals surface area contributed by atoms with E-state index in [4.69, 9.17) is 9.72 Å². The highest BCUT2D eigenvalue weighted by Gasteiger charge is 2.36. The van der Waals surface area contributed by atoms with Crippen molar-refractivity contribution >= 4 is 22.6 Å². The standard InChI is InChI=1S/C30H34FN5O2/c1-19-18-32-34(2)29(19)20-12-14-25-24(16-20)33-30(36(25)21-8-5-4-6-9-21)26-10-7-11-28(37)35(26)22-13-15-27(38-3)23(31)17-22/h12-18,21,26H,4-11H2,1-3H3/t26-/m0/s1. The summed E-state index contributed by atoms with van der Waals surface area (Å²) >= 11 is 0. The maximum absolute atomic E-state index is 14.8. The van der Waals surface area contributed by atoms with Crippen molar-refractivity contribution in [2.24, 2.45) is 7.05 Å². The first-order chi connectivity index (χ1) is 18.5. The Labute approximate surface area is 222 Å². The van der Waals surface area contributed by atoms with Crippen LogP contribution in [0.4, 0.5) is 10.1 Å². The number of imidazole rings is 1. The summed E-state index contributed by atoms with van der Waals surface area (Å²) in [6.45, 7) is 2.07. The molecule has 0 spiro atoms. The number of carbonyl (C=O) groups excluding carboxylic acids is 1. The average molecular weight is 516 g/mol. The number of nitrogens with zero attached hydrogens (tertiary/aromatic N) is 5. The van der Waals surface area contributed by atoms with Gasteiger partial charge in [-0.15, -0.1) is 0 Å². The molecule has 2 fully saturated rings. The van der Waals surface area contributed by atoms with Crippen molar-refractivity contribution in [2.45, 2.75) is 70.4 Å². The van der Waals surface area contributed by atoms with Gasteiger partial charge in [-0.3, -0.25) is 9.48 Å². The molecule has 3 heterocycles. The van der Waals surface area contributed by atoms with Crippen LogP contribution in [-0.4, -0.2) is 32.3 Å². The number of aromatic nitrogens is 4. The van der Waals surface area contributed by atoms with Crippen LogP contribution in [0.1, 0.15) is 74.8 Å². The Morgan fingerprint density at radius 3 is 2.55 bits per heavy atom. The summed E-state index contributed by atoms with van der Waals surface area (Å²) < 4.78 is 24.2. The first kappa shape index (κ1) is 24.6. The molecular formula is C30H34FN5O2. The van der Waals surface area contributed by atoms with Crippen LogP contribution in [0.15, 0.2) is 42.6 Å². The number of piperidine rings is 1. The van der Waals surface area contributed by atoms with Crippen LogP contribution in [0.3, 0.4) is 0 Å². The molecule has 7 nitrogen and oxygen atoms in total. The third kappa shape index (κ3) is 4.16. The number of anilines is 1. The molecule has 2 aliphatic rings. The van der Waals surface area contributed by atoms with E-state index >= 15 is 0 Å². The Bertz CT molecular complexity index is 1480. The highest BCUT2D eigenvalue weighted by atomic mass is 19.1. The Hall–Kier alpha value is -3.68. The van der Waals surface area contributed by atoms with Crippen LogP contribution >= 0.6 is 0 Å². The van der Waals surface area contributed by atoms with Crippen molar-refractivity contribution in [3.8, 4) is 17.0 Å². The molecule has 8 heteroatoms. The largest absolute Gasteiger partial charge is 0.494 e. The SMILES string of the molecule is COc1ccc(N2C(=O)CCC[C@H]2c2nc3cc(-c4c(C)cnn4C)ccc3n2C2CCCCC2)cc1F. The lowest BCUT2D eigenvalue weighted by atomic mass is 9.94. The van der Waals surface area contributed by atoms with E-state index in [9.17, 15) is 9.18 Å². The van der Waals surface area contributed by atoms with Gasteiger partial charge in [0, 0.05) is 36.8 Å². The summed E-state index contributed by atoms with van der Waals surface area (Å²) in [5.74, 6) is 0.593. The van der Waals surface area contributed by atoms with E-state index in [1.807, 2.05) is 17.9 Å². The van der Waals surface area contributed by atoms with Crippen LogP contribution in [0.2, 0.25) is 0 Å². The molecule has 1 saturated carbocycles. The first-order valence-electron chi connectivity index (χ1n) is 13.6. The number of methoxy groups -OCH3 is 1. The van der Waals surface area contributed by atoms with Gasteiger partial charge in [0.05, 0.1) is 36.1 Å². The van der Waals surface area contributed by atoms with Gasteiger partial charge < -0.3 is 14.2 Å². The van der Waals surface area contributed by atoms with Crippen molar-refractivity contribution in [3.63, 3.8) is 0 Å². The number of aryl methyl sites for hydroxylation is 2. The second kappa shape index (κ2) is 9.89. The lowest BCUT2D eigenvalue weighted by Gasteiger charge is -2.37. The number of rotatable bonds is 5. The number of benzene rings is 2. The smallest absolute Gasteiger partial charge is 0.227 e. The monoisotopic (exact) mass is 515 g/mol. The lowest BCUT2D eigenvalue weighted by Crippen LogP contribution is -2.40. The summed E-state index contributed by atoms with van der Waals surface area (Å²) in [5, 5.41) is 4.42. The van der Waals surface area contributed by atoms with Crippen LogP contribution in [0.5, 0.6) is 5.75 Å². The second-order valence-corrected chi connectivity index (χ2v) is 10.6. The van der Waals surface area contributed by atoms with Gasteiger partial charge in [-0.1, -0.05) is 25.3 Å². The van der Waals surface area contributed by atoms with Crippen LogP contribution < -0.4 is 9.64 Å². The van der Waals surface area contributed by atoms with Crippen molar-refractivity contribution in [2.75, 3.05) is 12.0 Å². The fourth-order valence-electron chi connectivity index (χ4n) is 6.43. The molecule has 0 radical (unpaired) electrons. The summed E-state index contributed by atoms with van der Waals surface area (Å²) in [6.07, 6.45) is 9.71. The molecule has 1 saturated heterocycles. The van der Waals surface area contributed by atoms with Crippen LogP contribution in [-0.2, 0) is 11.8 Å². The summed E-state index contributed by atoms with van der Waals surface area (Å²) in [6, 6.07) is 11.3. The average Bonchev–Trinajstić information content (AvgIpc) is 3.47. The maximum Gasteiger partial charge on any atom is 0.227 e. The molecule has 1 aliphatic heterocycles. The Morgan fingerprint density at radius 2 is 1.84 bits per heavy atom. The van der Waals surface area contributed by atoms with Gasteiger partial charge in [0.25, 0.3) is 0 Å². The predicted molar refractivity (Wildman–Crippen MR) is 146 cm³/mol. The molecular weight excluding hydrogens is 481 g/mol. The molecule has 4 aromatic rings. The molecule has 6 rings (SSSR count). The van der Waals surface area contributed by atoms with Gasteiger partial charge >= 0.3 is 0 Å². The Morgan fingerprint density at radius 1 is 1.03 bits per heavy atom. The molecule has 2 aromatic carbocycles. The maximum atomic E-state index is 14.8. The zero-order valence-electron chi connectivity index (χ0n) is 22.3. The Kier molecular flexibility index (Phi) is 6.41. The number of halogens is 1. The van der Waals surface area contributed by atoms with Gasteiger partial charge in [-0.05, 0) is 62.4 Å².